The van der Waals surface area contributed by atoms with Gasteiger partial charge in [-0.2, -0.15) is 0 Å². The largest absolute Gasteiger partial charge is 0.444 e. The van der Waals surface area contributed by atoms with E-state index in [0.29, 0.717) is 18.8 Å². The van der Waals surface area contributed by atoms with Crippen LogP contribution in [-0.2, 0) is 9.53 Å². The molecule has 0 radical (unpaired) electrons. The molecule has 0 aromatic heterocycles. The minimum atomic E-state index is -0.542. The van der Waals surface area contributed by atoms with Crippen LogP contribution in [0, 0.1) is 11.7 Å². The van der Waals surface area contributed by atoms with Crippen LogP contribution in [0.5, 0.6) is 0 Å². The van der Waals surface area contributed by atoms with E-state index in [0.717, 1.165) is 24.9 Å². The summed E-state index contributed by atoms with van der Waals surface area (Å²) in [5.41, 5.74) is 0.907. The van der Waals surface area contributed by atoms with Crippen LogP contribution in [0.25, 0.3) is 0 Å². The highest BCUT2D eigenvalue weighted by molar-refractivity contribution is 5.95. The quantitative estimate of drug-likeness (QED) is 0.679. The van der Waals surface area contributed by atoms with Gasteiger partial charge in [-0.15, -0.1) is 0 Å². The number of hydrogen-bond acceptors (Lipinski definition) is 4. The van der Waals surface area contributed by atoms with Gasteiger partial charge in [-0.05, 0) is 75.9 Å². The van der Waals surface area contributed by atoms with E-state index in [2.05, 4.69) is 15.5 Å². The molecule has 2 unspecified atom stereocenters. The second kappa shape index (κ2) is 10.6. The average Bonchev–Trinajstić information content (AvgIpc) is 2.74. The molecule has 2 N–H and O–H groups in total. The maximum Gasteiger partial charge on any atom is 0.407 e. The monoisotopic (exact) mass is 441 g/mol. The van der Waals surface area contributed by atoms with Crippen molar-refractivity contribution < 1.29 is 18.7 Å². The molecule has 1 saturated heterocycles. The Morgan fingerprint density at radius 2 is 1.81 bits per heavy atom. The van der Waals surface area contributed by atoms with Gasteiger partial charge in [-0.3, -0.25) is 9.69 Å². The zero-order chi connectivity index (χ0) is 23.1. The predicted octanol–water partition coefficient (Wildman–Crippen LogP) is 4.74. The standard InChI is InChI=1S/C25H32FN3O3/c1-25(2,3)32-24(31)27-16-18-8-7-15-29(17-18)22(19-9-5-4-6-10-19)23(30)28-21-13-11-20(26)12-14-21/h4-6,9-14,18,22H,7-8,15-17H2,1-3H3,(H,27,31)(H,28,30). The average molecular weight is 442 g/mol. The number of carbonyl (C=O) groups excluding carboxylic acids is 2. The molecule has 1 aliphatic heterocycles. The van der Waals surface area contributed by atoms with Crippen LogP contribution in [0.15, 0.2) is 54.6 Å². The van der Waals surface area contributed by atoms with Gasteiger partial charge in [-0.1, -0.05) is 30.3 Å². The third-order valence-corrected chi connectivity index (χ3v) is 5.32. The van der Waals surface area contributed by atoms with Gasteiger partial charge in [0.2, 0.25) is 5.91 Å². The van der Waals surface area contributed by atoms with Crippen LogP contribution in [0.3, 0.4) is 0 Å². The van der Waals surface area contributed by atoms with E-state index >= 15 is 0 Å². The lowest BCUT2D eigenvalue weighted by atomic mass is 9.94. The summed E-state index contributed by atoms with van der Waals surface area (Å²) in [4.78, 5) is 27.5. The van der Waals surface area contributed by atoms with Crippen molar-refractivity contribution in [3.05, 3.63) is 66.0 Å². The third-order valence-electron chi connectivity index (χ3n) is 5.32. The second-order valence-corrected chi connectivity index (χ2v) is 9.20. The van der Waals surface area contributed by atoms with E-state index in [4.69, 9.17) is 4.74 Å². The van der Waals surface area contributed by atoms with E-state index in [-0.39, 0.29) is 17.6 Å². The van der Waals surface area contributed by atoms with Gasteiger partial charge in [-0.25, -0.2) is 9.18 Å². The number of ether oxygens (including phenoxy) is 1. The molecule has 1 heterocycles. The van der Waals surface area contributed by atoms with Crippen molar-refractivity contribution in [1.82, 2.24) is 10.2 Å². The Morgan fingerprint density at radius 1 is 1.12 bits per heavy atom. The Labute approximate surface area is 189 Å². The maximum atomic E-state index is 13.3. The molecule has 2 aromatic rings. The number of carbonyl (C=O) groups is 2. The molecule has 2 amide bonds. The SMILES string of the molecule is CC(C)(C)OC(=O)NCC1CCCN(C(C(=O)Nc2ccc(F)cc2)c2ccccc2)C1. The highest BCUT2D eigenvalue weighted by atomic mass is 19.1. The van der Waals surface area contributed by atoms with Crippen molar-refractivity contribution in [2.45, 2.75) is 45.3 Å². The number of anilines is 1. The molecule has 7 heteroatoms. The van der Waals surface area contributed by atoms with Crippen LogP contribution in [0.4, 0.5) is 14.9 Å². The zero-order valence-electron chi connectivity index (χ0n) is 18.9. The Kier molecular flexibility index (Phi) is 7.85. The van der Waals surface area contributed by atoms with Gasteiger partial charge in [0.05, 0.1) is 0 Å². The van der Waals surface area contributed by atoms with Crippen molar-refractivity contribution in [1.29, 1.82) is 0 Å². The number of likely N-dealkylation sites (tertiary alicyclic amines) is 1. The summed E-state index contributed by atoms with van der Waals surface area (Å²) in [5, 5.41) is 5.78. The van der Waals surface area contributed by atoms with Crippen molar-refractivity contribution in [2.24, 2.45) is 5.92 Å². The fourth-order valence-corrected chi connectivity index (χ4v) is 3.95. The number of rotatable bonds is 6. The molecular formula is C25H32FN3O3. The smallest absolute Gasteiger partial charge is 0.407 e. The Balaban J connectivity index is 1.69. The number of alkyl carbamates (subject to hydrolysis) is 1. The molecule has 2 aromatic carbocycles. The lowest BCUT2D eigenvalue weighted by molar-refractivity contribution is -0.122. The first-order valence-electron chi connectivity index (χ1n) is 11.0. The molecule has 0 saturated carbocycles. The highest BCUT2D eigenvalue weighted by Gasteiger charge is 2.32. The normalized spacial score (nSPS) is 17.9. The fourth-order valence-electron chi connectivity index (χ4n) is 3.95. The van der Waals surface area contributed by atoms with Crippen molar-refractivity contribution >= 4 is 17.7 Å². The lowest BCUT2D eigenvalue weighted by Gasteiger charge is -2.38. The summed E-state index contributed by atoms with van der Waals surface area (Å²) in [6.07, 6.45) is 1.46. The summed E-state index contributed by atoms with van der Waals surface area (Å²) in [5.74, 6) is -0.302. The van der Waals surface area contributed by atoms with Gasteiger partial charge >= 0.3 is 6.09 Å². The van der Waals surface area contributed by atoms with Crippen LogP contribution in [-0.4, -0.2) is 42.1 Å². The van der Waals surface area contributed by atoms with Crippen LogP contribution >= 0.6 is 0 Å². The van der Waals surface area contributed by atoms with Crippen LogP contribution in [0.2, 0.25) is 0 Å². The predicted molar refractivity (Wildman–Crippen MR) is 123 cm³/mol. The van der Waals surface area contributed by atoms with E-state index in [9.17, 15) is 14.0 Å². The Bertz CT molecular complexity index is 897. The van der Waals surface area contributed by atoms with Gasteiger partial charge < -0.3 is 15.4 Å². The number of nitrogens with one attached hydrogen (secondary N) is 2. The lowest BCUT2D eigenvalue weighted by Crippen LogP contribution is -2.46. The summed E-state index contributed by atoms with van der Waals surface area (Å²) in [6, 6.07) is 14.9. The molecular weight excluding hydrogens is 409 g/mol. The number of nitrogens with zero attached hydrogens (tertiary/aromatic N) is 1. The van der Waals surface area contributed by atoms with E-state index < -0.39 is 17.7 Å². The summed E-state index contributed by atoms with van der Waals surface area (Å²) < 4.78 is 18.6. The van der Waals surface area contributed by atoms with Gasteiger partial charge in [0, 0.05) is 18.8 Å². The molecule has 0 aliphatic carbocycles. The van der Waals surface area contributed by atoms with E-state index in [1.54, 1.807) is 12.1 Å². The molecule has 0 spiro atoms. The van der Waals surface area contributed by atoms with Crippen molar-refractivity contribution in [3.8, 4) is 0 Å². The fraction of sp³-hybridized carbons (Fsp3) is 0.440. The molecule has 6 nitrogen and oxygen atoms in total. The summed E-state index contributed by atoms with van der Waals surface area (Å²) in [6.45, 7) is 7.44. The van der Waals surface area contributed by atoms with E-state index in [1.807, 2.05) is 51.1 Å². The van der Waals surface area contributed by atoms with Gasteiger partial charge in [0.25, 0.3) is 0 Å². The highest BCUT2D eigenvalue weighted by Crippen LogP contribution is 2.28. The molecule has 1 aliphatic rings. The van der Waals surface area contributed by atoms with Crippen LogP contribution in [0.1, 0.15) is 45.2 Å². The molecule has 3 rings (SSSR count). The van der Waals surface area contributed by atoms with Crippen LogP contribution < -0.4 is 10.6 Å². The van der Waals surface area contributed by atoms with Crippen molar-refractivity contribution in [2.75, 3.05) is 25.0 Å². The third kappa shape index (κ3) is 7.05. The van der Waals surface area contributed by atoms with E-state index in [1.165, 1.54) is 12.1 Å². The van der Waals surface area contributed by atoms with Crippen molar-refractivity contribution in [3.63, 3.8) is 0 Å². The number of hydrogen-bond donors (Lipinski definition) is 2. The number of piperidine rings is 1. The molecule has 1 fully saturated rings. The molecule has 2 atom stereocenters. The van der Waals surface area contributed by atoms with Gasteiger partial charge in [0.15, 0.2) is 0 Å². The number of benzene rings is 2. The molecule has 32 heavy (non-hydrogen) atoms. The molecule has 0 bridgehead atoms. The first-order chi connectivity index (χ1) is 15.2. The van der Waals surface area contributed by atoms with Gasteiger partial charge in [0.1, 0.15) is 17.5 Å². The maximum absolute atomic E-state index is 13.3. The zero-order valence-corrected chi connectivity index (χ0v) is 18.9. The minimum Gasteiger partial charge on any atom is -0.444 e. The number of halogens is 1. The Morgan fingerprint density at radius 3 is 2.47 bits per heavy atom. The molecule has 172 valence electrons. The summed E-state index contributed by atoms with van der Waals surface area (Å²) >= 11 is 0. The second-order valence-electron chi connectivity index (χ2n) is 9.20. The Hall–Kier alpha value is -2.93. The first kappa shape index (κ1) is 23.7. The minimum absolute atomic E-state index is 0.163. The first-order valence-corrected chi connectivity index (χ1v) is 11.0. The summed E-state index contributed by atoms with van der Waals surface area (Å²) in [7, 11) is 0. The topological polar surface area (TPSA) is 70.7 Å². The number of amides is 2.